The molecule has 1 atom stereocenters. The molecule has 0 radical (unpaired) electrons. The van der Waals surface area contributed by atoms with Crippen molar-refractivity contribution in [2.45, 2.75) is 6.54 Å². The van der Waals surface area contributed by atoms with Crippen molar-refractivity contribution in [3.8, 4) is 0 Å². The summed E-state index contributed by atoms with van der Waals surface area (Å²) < 4.78 is 0. The van der Waals surface area contributed by atoms with E-state index >= 15 is 0 Å². The molecule has 1 unspecified atom stereocenters. The van der Waals surface area contributed by atoms with Crippen LogP contribution in [0.2, 0.25) is 0 Å². The molecule has 1 aromatic heterocycles. The van der Waals surface area contributed by atoms with Crippen LogP contribution in [-0.4, -0.2) is 54.5 Å². The first kappa shape index (κ1) is 12.8. The van der Waals surface area contributed by atoms with Crippen LogP contribution in [0.15, 0.2) is 24.5 Å². The Hall–Kier alpha value is -1.62. The summed E-state index contributed by atoms with van der Waals surface area (Å²) in [5.41, 5.74) is 1.12. The number of carbonyl (C=O) groups excluding carboxylic acids is 1. The fraction of sp³-hybridized carbons (Fsp3) is 0.538. The van der Waals surface area contributed by atoms with Gasteiger partial charge in [-0.15, -0.1) is 0 Å². The van der Waals surface area contributed by atoms with Crippen LogP contribution in [0.25, 0.3) is 0 Å². The van der Waals surface area contributed by atoms with E-state index < -0.39 is 0 Å². The van der Waals surface area contributed by atoms with Crippen LogP contribution in [0, 0.1) is 5.92 Å². The topological polar surface area (TPSA) is 48.5 Å². The van der Waals surface area contributed by atoms with E-state index in [2.05, 4.69) is 10.3 Å². The Labute approximate surface area is 108 Å². The van der Waals surface area contributed by atoms with Crippen LogP contribution in [0.5, 0.6) is 0 Å². The molecule has 5 nitrogen and oxygen atoms in total. The van der Waals surface area contributed by atoms with Crippen molar-refractivity contribution in [1.82, 2.24) is 20.1 Å². The highest BCUT2D eigenvalue weighted by Gasteiger charge is 2.28. The first-order valence-corrected chi connectivity index (χ1v) is 6.24. The van der Waals surface area contributed by atoms with E-state index in [9.17, 15) is 4.79 Å². The fourth-order valence-electron chi connectivity index (χ4n) is 2.41. The van der Waals surface area contributed by atoms with E-state index in [-0.39, 0.29) is 6.03 Å². The van der Waals surface area contributed by atoms with E-state index in [0.717, 1.165) is 25.2 Å². The van der Waals surface area contributed by atoms with Gasteiger partial charge in [-0.1, -0.05) is 0 Å². The molecule has 1 aliphatic heterocycles. The van der Waals surface area contributed by atoms with Gasteiger partial charge in [0.05, 0.1) is 0 Å². The summed E-state index contributed by atoms with van der Waals surface area (Å²) in [7, 11) is 3.81. The Balaban J connectivity index is 2.03. The molecule has 0 aromatic carbocycles. The second-order valence-electron chi connectivity index (χ2n) is 4.82. The molecule has 1 N–H and O–H groups in total. The number of carbonyl (C=O) groups is 1. The normalized spacial score (nSPS) is 20.3. The Kier molecular flexibility index (Phi) is 4.15. The van der Waals surface area contributed by atoms with E-state index in [4.69, 9.17) is 0 Å². The Morgan fingerprint density at radius 2 is 2.11 bits per heavy atom. The van der Waals surface area contributed by atoms with E-state index in [1.165, 1.54) is 0 Å². The predicted octanol–water partition coefficient (Wildman–Crippen LogP) is 0.785. The molecule has 1 aromatic rings. The van der Waals surface area contributed by atoms with Gasteiger partial charge in [0, 0.05) is 51.5 Å². The lowest BCUT2D eigenvalue weighted by molar-refractivity contribution is 0.112. The molecule has 1 saturated heterocycles. The summed E-state index contributed by atoms with van der Waals surface area (Å²) >= 11 is 0. The van der Waals surface area contributed by atoms with E-state index in [1.807, 2.05) is 31.1 Å². The zero-order valence-electron chi connectivity index (χ0n) is 11.0. The molecule has 1 fully saturated rings. The molecule has 0 saturated carbocycles. The van der Waals surface area contributed by atoms with Gasteiger partial charge in [-0.2, -0.15) is 0 Å². The Morgan fingerprint density at radius 1 is 1.39 bits per heavy atom. The molecule has 0 spiro atoms. The SMILES string of the molecule is CNCC1CN(C)C(=O)N(Cc2ccncc2)C1. The van der Waals surface area contributed by atoms with Crippen molar-refractivity contribution >= 4 is 6.03 Å². The minimum Gasteiger partial charge on any atom is -0.327 e. The van der Waals surface area contributed by atoms with E-state index in [1.54, 1.807) is 17.3 Å². The molecule has 2 rings (SSSR count). The highest BCUT2D eigenvalue weighted by molar-refractivity contribution is 5.75. The Bertz CT molecular complexity index is 395. The summed E-state index contributed by atoms with van der Waals surface area (Å²) in [6, 6.07) is 4.02. The number of amides is 2. The second-order valence-corrected chi connectivity index (χ2v) is 4.82. The largest absolute Gasteiger partial charge is 0.327 e. The monoisotopic (exact) mass is 248 g/mol. The summed E-state index contributed by atoms with van der Waals surface area (Å²) in [5.74, 6) is 0.486. The number of hydrogen-bond acceptors (Lipinski definition) is 3. The number of pyridine rings is 1. The van der Waals surface area contributed by atoms with Crippen LogP contribution in [0.3, 0.4) is 0 Å². The highest BCUT2D eigenvalue weighted by atomic mass is 16.2. The third-order valence-electron chi connectivity index (χ3n) is 3.22. The molecule has 1 aliphatic rings. The van der Waals surface area contributed by atoms with Crippen molar-refractivity contribution in [1.29, 1.82) is 0 Å². The van der Waals surface area contributed by atoms with Gasteiger partial charge in [-0.25, -0.2) is 4.79 Å². The highest BCUT2D eigenvalue weighted by Crippen LogP contribution is 2.15. The van der Waals surface area contributed by atoms with Gasteiger partial charge in [0.2, 0.25) is 0 Å². The molecule has 2 heterocycles. The molecule has 2 amide bonds. The van der Waals surface area contributed by atoms with Crippen molar-refractivity contribution < 1.29 is 4.79 Å². The van der Waals surface area contributed by atoms with Crippen molar-refractivity contribution in [3.63, 3.8) is 0 Å². The van der Waals surface area contributed by atoms with Crippen LogP contribution < -0.4 is 5.32 Å². The molecular formula is C13H20N4O. The first-order valence-electron chi connectivity index (χ1n) is 6.24. The van der Waals surface area contributed by atoms with Gasteiger partial charge in [0.15, 0.2) is 0 Å². The van der Waals surface area contributed by atoms with Gasteiger partial charge in [0.25, 0.3) is 0 Å². The summed E-state index contributed by atoms with van der Waals surface area (Å²) in [6.07, 6.45) is 3.52. The number of hydrogen-bond donors (Lipinski definition) is 1. The smallest absolute Gasteiger partial charge is 0.320 e. The molecule has 18 heavy (non-hydrogen) atoms. The van der Waals surface area contributed by atoms with Crippen LogP contribution in [-0.2, 0) is 6.54 Å². The number of aromatic nitrogens is 1. The molecule has 0 bridgehead atoms. The quantitative estimate of drug-likeness (QED) is 0.857. The summed E-state index contributed by atoms with van der Waals surface area (Å²) in [5, 5.41) is 3.18. The maximum Gasteiger partial charge on any atom is 0.320 e. The predicted molar refractivity (Wildman–Crippen MR) is 70.1 cm³/mol. The maximum absolute atomic E-state index is 12.1. The third-order valence-corrected chi connectivity index (χ3v) is 3.22. The third kappa shape index (κ3) is 2.98. The summed E-state index contributed by atoms with van der Waals surface area (Å²) in [4.78, 5) is 19.8. The average Bonchev–Trinajstić information content (AvgIpc) is 2.37. The molecule has 5 heteroatoms. The minimum atomic E-state index is 0.110. The lowest BCUT2D eigenvalue weighted by Crippen LogP contribution is -2.53. The van der Waals surface area contributed by atoms with Crippen molar-refractivity contribution in [2.24, 2.45) is 5.92 Å². The standard InChI is InChI=1S/C13H20N4O/c1-14-7-12-8-16(2)13(18)17(10-12)9-11-3-5-15-6-4-11/h3-6,12,14H,7-10H2,1-2H3. The molecule has 0 aliphatic carbocycles. The lowest BCUT2D eigenvalue weighted by atomic mass is 10.1. The number of nitrogens with zero attached hydrogens (tertiary/aromatic N) is 3. The Morgan fingerprint density at radius 3 is 2.78 bits per heavy atom. The minimum absolute atomic E-state index is 0.110. The summed E-state index contributed by atoms with van der Waals surface area (Å²) in [6.45, 7) is 3.23. The number of urea groups is 1. The van der Waals surface area contributed by atoms with Gasteiger partial charge >= 0.3 is 6.03 Å². The number of nitrogens with one attached hydrogen (secondary N) is 1. The van der Waals surface area contributed by atoms with Crippen LogP contribution in [0.4, 0.5) is 4.79 Å². The van der Waals surface area contributed by atoms with E-state index in [0.29, 0.717) is 12.5 Å². The molecular weight excluding hydrogens is 228 g/mol. The van der Waals surface area contributed by atoms with Crippen LogP contribution in [0.1, 0.15) is 5.56 Å². The fourth-order valence-corrected chi connectivity index (χ4v) is 2.41. The lowest BCUT2D eigenvalue weighted by Gasteiger charge is -2.38. The van der Waals surface area contributed by atoms with Gasteiger partial charge in [-0.3, -0.25) is 4.98 Å². The van der Waals surface area contributed by atoms with Gasteiger partial charge < -0.3 is 15.1 Å². The second kappa shape index (κ2) is 5.82. The van der Waals surface area contributed by atoms with Gasteiger partial charge in [-0.05, 0) is 24.7 Å². The van der Waals surface area contributed by atoms with Crippen LogP contribution >= 0.6 is 0 Å². The first-order chi connectivity index (χ1) is 8.70. The molecule has 98 valence electrons. The zero-order chi connectivity index (χ0) is 13.0. The number of rotatable bonds is 4. The average molecular weight is 248 g/mol. The maximum atomic E-state index is 12.1. The van der Waals surface area contributed by atoms with Gasteiger partial charge in [0.1, 0.15) is 0 Å². The van der Waals surface area contributed by atoms with Crippen molar-refractivity contribution in [2.75, 3.05) is 33.7 Å². The zero-order valence-corrected chi connectivity index (χ0v) is 11.0. The van der Waals surface area contributed by atoms with Crippen molar-refractivity contribution in [3.05, 3.63) is 30.1 Å².